The molecule has 4 aromatic rings. The Hall–Kier alpha value is -3.46. The number of amides is 1. The van der Waals surface area contributed by atoms with E-state index in [0.29, 0.717) is 6.54 Å². The van der Waals surface area contributed by atoms with Gasteiger partial charge in [0.1, 0.15) is 17.0 Å². The molecule has 0 spiro atoms. The van der Waals surface area contributed by atoms with Gasteiger partial charge in [0.15, 0.2) is 11.5 Å². The van der Waals surface area contributed by atoms with Crippen molar-refractivity contribution in [1.82, 2.24) is 20.3 Å². The normalized spacial score (nSPS) is 16.1. The van der Waals surface area contributed by atoms with E-state index in [9.17, 15) is 4.79 Å². The van der Waals surface area contributed by atoms with Crippen LogP contribution in [0, 0.1) is 5.92 Å². The van der Waals surface area contributed by atoms with E-state index in [4.69, 9.17) is 9.47 Å². The number of ether oxygens (including phenoxy) is 2. The minimum absolute atomic E-state index is 0.00154. The van der Waals surface area contributed by atoms with Crippen molar-refractivity contribution in [3.05, 3.63) is 48.4 Å². The Morgan fingerprint density at radius 1 is 1.12 bits per heavy atom. The highest BCUT2D eigenvalue weighted by molar-refractivity contribution is 7.25. The Balaban J connectivity index is 1.11. The number of fused-ring (bicyclic) bond motifs is 4. The lowest BCUT2D eigenvalue weighted by Crippen LogP contribution is -2.40. The van der Waals surface area contributed by atoms with Crippen molar-refractivity contribution in [2.24, 2.45) is 5.92 Å². The van der Waals surface area contributed by atoms with E-state index >= 15 is 0 Å². The molecule has 0 saturated carbocycles. The first-order valence-corrected chi connectivity index (χ1v) is 11.5. The van der Waals surface area contributed by atoms with Gasteiger partial charge in [0, 0.05) is 37.1 Å². The maximum Gasteiger partial charge on any atom is 0.231 e. The molecule has 1 amide bonds. The third kappa shape index (κ3) is 3.38. The molecule has 0 atom stereocenters. The summed E-state index contributed by atoms with van der Waals surface area (Å²) in [5.41, 5.74) is 1.95. The number of carbonyl (C=O) groups excluding carboxylic acids is 1. The summed E-state index contributed by atoms with van der Waals surface area (Å²) in [5.74, 6) is 2.53. The number of nitrogens with zero attached hydrogens (tertiary/aromatic N) is 4. The summed E-state index contributed by atoms with van der Waals surface area (Å²) in [7, 11) is 0. The Morgan fingerprint density at radius 3 is 2.91 bits per heavy atom. The number of thiophene rings is 1. The van der Waals surface area contributed by atoms with E-state index in [0.717, 1.165) is 69.2 Å². The molecule has 2 aliphatic heterocycles. The van der Waals surface area contributed by atoms with Crippen LogP contribution in [0.1, 0.15) is 18.4 Å². The minimum atomic E-state index is 0.00154. The first kappa shape index (κ1) is 19.2. The predicted molar refractivity (Wildman–Crippen MR) is 122 cm³/mol. The lowest BCUT2D eigenvalue weighted by atomic mass is 9.95. The van der Waals surface area contributed by atoms with Crippen LogP contribution < -0.4 is 19.7 Å². The van der Waals surface area contributed by atoms with Crippen molar-refractivity contribution in [3.63, 3.8) is 0 Å². The number of piperidine rings is 1. The molecule has 162 valence electrons. The van der Waals surface area contributed by atoms with Gasteiger partial charge in [-0.3, -0.25) is 4.79 Å². The molecule has 0 unspecified atom stereocenters. The number of benzene rings is 1. The maximum atomic E-state index is 12.8. The number of rotatable bonds is 4. The average molecular weight is 448 g/mol. The van der Waals surface area contributed by atoms with Crippen molar-refractivity contribution >= 4 is 43.5 Å². The van der Waals surface area contributed by atoms with Crippen LogP contribution in [0.4, 0.5) is 5.82 Å². The molecule has 6 rings (SSSR count). The second-order valence-corrected chi connectivity index (χ2v) is 9.00. The zero-order chi connectivity index (χ0) is 21.5. The molecule has 8 nitrogen and oxygen atoms in total. The number of nitrogens with one attached hydrogen (secondary N) is 1. The van der Waals surface area contributed by atoms with E-state index in [1.165, 1.54) is 0 Å². The van der Waals surface area contributed by atoms with Crippen molar-refractivity contribution in [1.29, 1.82) is 0 Å². The molecule has 0 aliphatic carbocycles. The number of pyridine rings is 1. The van der Waals surface area contributed by atoms with Gasteiger partial charge in [-0.2, -0.15) is 0 Å². The zero-order valence-corrected chi connectivity index (χ0v) is 18.1. The Labute approximate surface area is 188 Å². The van der Waals surface area contributed by atoms with Gasteiger partial charge in [-0.1, -0.05) is 6.07 Å². The molecule has 1 aromatic carbocycles. The van der Waals surface area contributed by atoms with Gasteiger partial charge < -0.3 is 19.7 Å². The maximum absolute atomic E-state index is 12.8. The summed E-state index contributed by atoms with van der Waals surface area (Å²) in [6.45, 7) is 2.31. The predicted octanol–water partition coefficient (Wildman–Crippen LogP) is 3.50. The average Bonchev–Trinajstić information content (AvgIpc) is 3.46. The van der Waals surface area contributed by atoms with Crippen molar-refractivity contribution in [2.75, 3.05) is 24.8 Å². The van der Waals surface area contributed by atoms with Crippen molar-refractivity contribution < 1.29 is 14.3 Å². The molecule has 1 fully saturated rings. The van der Waals surface area contributed by atoms with E-state index in [2.05, 4.69) is 31.2 Å². The van der Waals surface area contributed by atoms with Crippen LogP contribution in [0.5, 0.6) is 11.5 Å². The first-order chi connectivity index (χ1) is 15.8. The lowest BCUT2D eigenvalue weighted by Gasteiger charge is -2.32. The highest BCUT2D eigenvalue weighted by Crippen LogP contribution is 2.37. The molecule has 5 heterocycles. The minimum Gasteiger partial charge on any atom is -0.454 e. The molecule has 2 aliphatic rings. The number of aromatic nitrogens is 3. The molecular formula is C23H21N5O3S. The van der Waals surface area contributed by atoms with E-state index in [1.807, 2.05) is 24.3 Å². The smallest absolute Gasteiger partial charge is 0.231 e. The first-order valence-electron chi connectivity index (χ1n) is 10.7. The third-order valence-electron chi connectivity index (χ3n) is 6.08. The quantitative estimate of drug-likeness (QED) is 0.512. The van der Waals surface area contributed by atoms with E-state index < -0.39 is 0 Å². The van der Waals surface area contributed by atoms with Gasteiger partial charge in [-0.15, -0.1) is 11.3 Å². The number of hydrogen-bond acceptors (Lipinski definition) is 8. The van der Waals surface area contributed by atoms with Gasteiger partial charge >= 0.3 is 0 Å². The lowest BCUT2D eigenvalue weighted by molar-refractivity contribution is -0.125. The summed E-state index contributed by atoms with van der Waals surface area (Å²) >= 11 is 1.63. The summed E-state index contributed by atoms with van der Waals surface area (Å²) < 4.78 is 11.8. The Bertz CT molecular complexity index is 1320. The van der Waals surface area contributed by atoms with Crippen LogP contribution in [-0.2, 0) is 11.3 Å². The summed E-state index contributed by atoms with van der Waals surface area (Å²) in [6, 6.07) is 9.75. The fourth-order valence-electron chi connectivity index (χ4n) is 4.36. The number of anilines is 1. The van der Waals surface area contributed by atoms with Gasteiger partial charge in [-0.05, 0) is 42.7 Å². The molecule has 3 aromatic heterocycles. The molecular weight excluding hydrogens is 426 g/mol. The largest absolute Gasteiger partial charge is 0.454 e. The topological polar surface area (TPSA) is 89.5 Å². The van der Waals surface area contributed by atoms with Gasteiger partial charge in [0.25, 0.3) is 0 Å². The van der Waals surface area contributed by atoms with E-state index in [1.54, 1.807) is 23.9 Å². The number of hydrogen-bond donors (Lipinski definition) is 1. The number of carbonyl (C=O) groups is 1. The molecule has 1 saturated heterocycles. The molecule has 0 bridgehead atoms. The Morgan fingerprint density at radius 2 is 2.00 bits per heavy atom. The third-order valence-corrected chi connectivity index (χ3v) is 7.18. The van der Waals surface area contributed by atoms with Crippen molar-refractivity contribution in [2.45, 2.75) is 19.4 Å². The second kappa shape index (κ2) is 7.90. The van der Waals surface area contributed by atoms with Crippen molar-refractivity contribution in [3.8, 4) is 11.5 Å². The molecule has 0 radical (unpaired) electrons. The van der Waals surface area contributed by atoms with Crippen LogP contribution in [0.15, 0.2) is 42.9 Å². The SMILES string of the molecule is O=C(NCc1ccc2c(c1)OCO2)C1CCN(c2ncnc3c2sc2ncccc23)CC1. The van der Waals surface area contributed by atoms with Gasteiger partial charge in [0.2, 0.25) is 12.7 Å². The van der Waals surface area contributed by atoms with E-state index in [-0.39, 0.29) is 18.6 Å². The summed E-state index contributed by atoms with van der Waals surface area (Å²) in [6.07, 6.45) is 5.02. The van der Waals surface area contributed by atoms with Crippen LogP contribution in [0.2, 0.25) is 0 Å². The second-order valence-electron chi connectivity index (χ2n) is 8.00. The Kier molecular flexibility index (Phi) is 4.75. The monoisotopic (exact) mass is 447 g/mol. The molecule has 32 heavy (non-hydrogen) atoms. The van der Waals surface area contributed by atoms with Crippen LogP contribution >= 0.6 is 11.3 Å². The standard InChI is InChI=1S/C23H21N5O3S/c29-22(25-11-14-3-4-17-18(10-14)31-13-30-17)15-5-8-28(9-6-15)21-20-19(26-12-27-21)16-2-1-7-24-23(16)32-20/h1-4,7,10,12,15H,5-6,8-9,11,13H2,(H,25,29). The van der Waals surface area contributed by atoms with Gasteiger partial charge in [-0.25, -0.2) is 15.0 Å². The van der Waals surface area contributed by atoms with Gasteiger partial charge in [0.05, 0.1) is 10.2 Å². The zero-order valence-electron chi connectivity index (χ0n) is 17.3. The van der Waals surface area contributed by atoms with Crippen LogP contribution in [-0.4, -0.2) is 40.7 Å². The fraction of sp³-hybridized carbons (Fsp3) is 0.304. The molecule has 1 N–H and O–H groups in total. The highest BCUT2D eigenvalue weighted by Gasteiger charge is 2.27. The highest BCUT2D eigenvalue weighted by atomic mass is 32.1. The van der Waals surface area contributed by atoms with Crippen LogP contribution in [0.3, 0.4) is 0 Å². The summed E-state index contributed by atoms with van der Waals surface area (Å²) in [5, 5.41) is 4.14. The fourth-order valence-corrected chi connectivity index (χ4v) is 5.48. The van der Waals surface area contributed by atoms with Crippen LogP contribution in [0.25, 0.3) is 20.4 Å². The summed E-state index contributed by atoms with van der Waals surface area (Å²) in [4.78, 5) is 29.5. The molecule has 9 heteroatoms.